The maximum absolute atomic E-state index is 11.7. The molecule has 0 atom stereocenters. The van der Waals surface area contributed by atoms with Crippen LogP contribution >= 0.6 is 0 Å². The summed E-state index contributed by atoms with van der Waals surface area (Å²) >= 11 is 0. The Morgan fingerprint density at radius 1 is 1.47 bits per heavy atom. The first-order valence-corrected chi connectivity index (χ1v) is 5.73. The lowest BCUT2D eigenvalue weighted by Crippen LogP contribution is -2.13. The minimum absolute atomic E-state index is 0.191. The van der Waals surface area contributed by atoms with Crippen LogP contribution in [0.25, 0.3) is 0 Å². The van der Waals surface area contributed by atoms with Gasteiger partial charge in [-0.15, -0.1) is 0 Å². The number of nitrogens with one attached hydrogen (secondary N) is 3. The van der Waals surface area contributed by atoms with Crippen LogP contribution < -0.4 is 4.72 Å². The standard InChI is InChI=1S/C8H10N4O2S/c1-6-4-10-11-8(6)12-15(13,14)7-2-3-9-5-7/h2-5,9H,1H3,(H2,10,11,12). The number of nitrogens with zero attached hydrogens (tertiary/aromatic N) is 1. The maximum atomic E-state index is 11.7. The molecule has 0 aliphatic rings. The highest BCUT2D eigenvalue weighted by atomic mass is 32.2. The van der Waals surface area contributed by atoms with Crippen LogP contribution in [0.3, 0.4) is 0 Å². The second-order valence-electron chi connectivity index (χ2n) is 3.08. The van der Waals surface area contributed by atoms with Crippen molar-refractivity contribution in [2.75, 3.05) is 4.72 Å². The van der Waals surface area contributed by atoms with Crippen LogP contribution in [0.1, 0.15) is 5.56 Å². The number of aromatic amines is 2. The molecule has 0 saturated heterocycles. The van der Waals surface area contributed by atoms with E-state index in [4.69, 9.17) is 0 Å². The van der Waals surface area contributed by atoms with Gasteiger partial charge >= 0.3 is 0 Å². The van der Waals surface area contributed by atoms with E-state index < -0.39 is 10.0 Å². The van der Waals surface area contributed by atoms with E-state index in [1.807, 2.05) is 0 Å². The van der Waals surface area contributed by atoms with Crippen LogP contribution in [-0.4, -0.2) is 23.6 Å². The lowest BCUT2D eigenvalue weighted by Gasteiger charge is -2.04. The van der Waals surface area contributed by atoms with Gasteiger partial charge in [0.2, 0.25) is 0 Å². The normalized spacial score (nSPS) is 11.5. The Balaban J connectivity index is 2.31. The average Bonchev–Trinajstić information content (AvgIpc) is 2.77. The highest BCUT2D eigenvalue weighted by Crippen LogP contribution is 2.15. The molecule has 0 aliphatic carbocycles. The van der Waals surface area contributed by atoms with Crippen molar-refractivity contribution >= 4 is 15.8 Å². The van der Waals surface area contributed by atoms with E-state index in [9.17, 15) is 8.42 Å². The van der Waals surface area contributed by atoms with Crippen molar-refractivity contribution in [2.45, 2.75) is 11.8 Å². The summed E-state index contributed by atoms with van der Waals surface area (Å²) in [5.41, 5.74) is 0.745. The lowest BCUT2D eigenvalue weighted by atomic mass is 10.4. The molecule has 0 bridgehead atoms. The highest BCUT2D eigenvalue weighted by molar-refractivity contribution is 7.92. The summed E-state index contributed by atoms with van der Waals surface area (Å²) in [4.78, 5) is 2.88. The predicted molar refractivity (Wildman–Crippen MR) is 54.9 cm³/mol. The van der Waals surface area contributed by atoms with Crippen molar-refractivity contribution in [1.82, 2.24) is 15.2 Å². The van der Waals surface area contributed by atoms with Gasteiger partial charge in [-0.2, -0.15) is 5.10 Å². The predicted octanol–water partition coefficient (Wildman–Crippen LogP) is 0.847. The fraction of sp³-hybridized carbons (Fsp3) is 0.125. The zero-order valence-corrected chi connectivity index (χ0v) is 8.80. The fourth-order valence-corrected chi connectivity index (χ4v) is 2.18. The molecule has 0 aromatic carbocycles. The molecule has 0 spiro atoms. The van der Waals surface area contributed by atoms with Crippen LogP contribution in [0.5, 0.6) is 0 Å². The Bertz CT molecular complexity index is 541. The van der Waals surface area contributed by atoms with E-state index in [1.165, 1.54) is 12.3 Å². The van der Waals surface area contributed by atoms with Gasteiger partial charge in [-0.1, -0.05) is 0 Å². The molecule has 15 heavy (non-hydrogen) atoms. The molecule has 0 saturated carbocycles. The van der Waals surface area contributed by atoms with Crippen LogP contribution in [0.4, 0.5) is 5.82 Å². The van der Waals surface area contributed by atoms with Gasteiger partial charge in [0, 0.05) is 18.0 Å². The Hall–Kier alpha value is -1.76. The summed E-state index contributed by atoms with van der Waals surface area (Å²) in [6.45, 7) is 1.76. The second-order valence-corrected chi connectivity index (χ2v) is 4.76. The van der Waals surface area contributed by atoms with Gasteiger partial charge < -0.3 is 4.98 Å². The first-order chi connectivity index (χ1) is 7.09. The number of hydrogen-bond donors (Lipinski definition) is 3. The first-order valence-electron chi connectivity index (χ1n) is 4.25. The summed E-state index contributed by atoms with van der Waals surface area (Å²) in [7, 11) is -3.51. The van der Waals surface area contributed by atoms with Gasteiger partial charge in [-0.25, -0.2) is 8.42 Å². The van der Waals surface area contributed by atoms with Gasteiger partial charge in [0.1, 0.15) is 10.7 Å². The first kappa shape index (κ1) is 9.78. The monoisotopic (exact) mass is 226 g/mol. The van der Waals surface area contributed by atoms with Crippen molar-refractivity contribution in [3.8, 4) is 0 Å². The molecule has 6 nitrogen and oxygen atoms in total. The Morgan fingerprint density at radius 3 is 2.80 bits per heavy atom. The SMILES string of the molecule is Cc1cn[nH]c1NS(=O)(=O)c1cc[nH]c1. The third-order valence-electron chi connectivity index (χ3n) is 1.95. The van der Waals surface area contributed by atoms with Crippen LogP contribution in [0.2, 0.25) is 0 Å². The summed E-state index contributed by atoms with van der Waals surface area (Å²) in [6.07, 6.45) is 4.51. The smallest absolute Gasteiger partial charge is 0.264 e. The van der Waals surface area contributed by atoms with E-state index in [0.29, 0.717) is 5.82 Å². The van der Waals surface area contributed by atoms with Gasteiger partial charge in [0.05, 0.1) is 6.20 Å². The number of H-pyrrole nitrogens is 2. The molecule has 2 aromatic heterocycles. The zero-order chi connectivity index (χ0) is 10.9. The zero-order valence-electron chi connectivity index (χ0n) is 7.98. The maximum Gasteiger partial charge on any atom is 0.264 e. The van der Waals surface area contributed by atoms with Crippen molar-refractivity contribution < 1.29 is 8.42 Å². The summed E-state index contributed by atoms with van der Waals surface area (Å²) in [5, 5.41) is 6.30. The average molecular weight is 226 g/mol. The van der Waals surface area contributed by atoms with E-state index in [2.05, 4.69) is 19.9 Å². The second kappa shape index (κ2) is 3.43. The molecule has 80 valence electrons. The van der Waals surface area contributed by atoms with Crippen molar-refractivity contribution in [2.24, 2.45) is 0 Å². The van der Waals surface area contributed by atoms with E-state index in [-0.39, 0.29) is 4.90 Å². The molecule has 2 aromatic rings. The summed E-state index contributed by atoms with van der Waals surface area (Å²) in [6, 6.07) is 1.48. The third-order valence-corrected chi connectivity index (χ3v) is 3.29. The van der Waals surface area contributed by atoms with E-state index >= 15 is 0 Å². The molecule has 7 heteroatoms. The molecule has 0 amide bonds. The Morgan fingerprint density at radius 2 is 2.27 bits per heavy atom. The summed E-state index contributed by atoms with van der Waals surface area (Å²) < 4.78 is 25.9. The molecule has 0 fully saturated rings. The topological polar surface area (TPSA) is 90.6 Å². The minimum atomic E-state index is -3.51. The molecule has 2 heterocycles. The molecule has 2 rings (SSSR count). The number of rotatable bonds is 3. The number of anilines is 1. The summed E-state index contributed by atoms with van der Waals surface area (Å²) in [5.74, 6) is 0.385. The number of aromatic nitrogens is 3. The van der Waals surface area contributed by atoms with Gasteiger partial charge in [0.25, 0.3) is 10.0 Å². The minimum Gasteiger partial charge on any atom is -0.366 e. The van der Waals surface area contributed by atoms with Gasteiger partial charge in [0.15, 0.2) is 0 Å². The van der Waals surface area contributed by atoms with Crippen molar-refractivity contribution in [1.29, 1.82) is 0 Å². The van der Waals surface area contributed by atoms with Crippen LogP contribution in [0, 0.1) is 6.92 Å². The molecular formula is C8H10N4O2S. The molecule has 3 N–H and O–H groups in total. The Labute approximate surface area is 86.8 Å². The molecular weight excluding hydrogens is 216 g/mol. The van der Waals surface area contributed by atoms with E-state index in [0.717, 1.165) is 5.56 Å². The lowest BCUT2D eigenvalue weighted by molar-refractivity contribution is 0.601. The number of hydrogen-bond acceptors (Lipinski definition) is 3. The highest BCUT2D eigenvalue weighted by Gasteiger charge is 2.15. The molecule has 0 aliphatic heterocycles. The number of aryl methyl sites for hydroxylation is 1. The van der Waals surface area contributed by atoms with Gasteiger partial charge in [-0.05, 0) is 13.0 Å². The van der Waals surface area contributed by atoms with Crippen LogP contribution in [-0.2, 0) is 10.0 Å². The largest absolute Gasteiger partial charge is 0.366 e. The van der Waals surface area contributed by atoms with Gasteiger partial charge in [-0.3, -0.25) is 9.82 Å². The Kier molecular flexibility index (Phi) is 2.24. The van der Waals surface area contributed by atoms with Crippen LogP contribution in [0.15, 0.2) is 29.6 Å². The van der Waals surface area contributed by atoms with E-state index in [1.54, 1.807) is 19.3 Å². The van der Waals surface area contributed by atoms with Crippen molar-refractivity contribution in [3.63, 3.8) is 0 Å². The molecule has 0 radical (unpaired) electrons. The fourth-order valence-electron chi connectivity index (χ4n) is 1.12. The third kappa shape index (κ3) is 1.86. The van der Waals surface area contributed by atoms with Crippen molar-refractivity contribution in [3.05, 3.63) is 30.2 Å². The quantitative estimate of drug-likeness (QED) is 0.724. The number of sulfonamides is 1. The molecule has 0 unspecified atom stereocenters.